The Morgan fingerprint density at radius 3 is 2.66 bits per heavy atom. The van der Waals surface area contributed by atoms with E-state index in [1.807, 2.05) is 17.5 Å². The maximum absolute atomic E-state index is 15.5. The van der Waals surface area contributed by atoms with Gasteiger partial charge < -0.3 is 14.5 Å². The van der Waals surface area contributed by atoms with Crippen LogP contribution in [0.3, 0.4) is 0 Å². The van der Waals surface area contributed by atoms with E-state index in [4.69, 9.17) is 26.4 Å². The molecular formula is C39H39F2N5O3S. The number of nitrogens with zero attached hydrogens (tertiary/aromatic N) is 4. The molecule has 0 aliphatic carbocycles. The summed E-state index contributed by atoms with van der Waals surface area (Å²) in [7, 11) is 1.38. The van der Waals surface area contributed by atoms with Gasteiger partial charge >= 0.3 is 5.97 Å². The summed E-state index contributed by atoms with van der Waals surface area (Å²) in [5.74, 6) is 1.54. The largest absolute Gasteiger partial charge is 0.469 e. The molecule has 5 aromatic rings. The molecule has 0 radical (unpaired) electrons. The maximum Gasteiger partial charge on any atom is 0.305 e. The summed E-state index contributed by atoms with van der Waals surface area (Å²) in [5, 5.41) is 6.68. The Labute approximate surface area is 294 Å². The summed E-state index contributed by atoms with van der Waals surface area (Å²) >= 11 is 1.31. The maximum atomic E-state index is 15.5. The first-order chi connectivity index (χ1) is 24.0. The van der Waals surface area contributed by atoms with Crippen molar-refractivity contribution in [3.8, 4) is 34.4 Å². The van der Waals surface area contributed by atoms with Crippen LogP contribution in [0.4, 0.5) is 8.78 Å². The fourth-order valence-corrected chi connectivity index (χ4v) is 7.02. The van der Waals surface area contributed by atoms with Gasteiger partial charge in [0, 0.05) is 61.8 Å². The zero-order valence-electron chi connectivity index (χ0n) is 28.6. The van der Waals surface area contributed by atoms with Crippen molar-refractivity contribution >= 4 is 28.2 Å². The fraction of sp³-hybridized carbons (Fsp3) is 0.333. The van der Waals surface area contributed by atoms with Crippen LogP contribution in [0.15, 0.2) is 71.3 Å². The predicted octanol–water partition coefficient (Wildman–Crippen LogP) is 10.8. The first kappa shape index (κ1) is 36.1. The number of H-pyrrole nitrogens is 1. The Balaban J connectivity index is 1.48. The SMILES string of the molecule is C#CC(C)(C)CCCCC(C)(c1cccc(CCC(=O)OC)c1)c1csc(-c2cc(Oc3c(F)cc4[nH]ccc4c3CN=[N+]=[N-])ccc2F)n1. The first-order valence-corrected chi connectivity index (χ1v) is 17.2. The van der Waals surface area contributed by atoms with E-state index < -0.39 is 17.0 Å². The molecule has 5 rings (SSSR count). The number of azide groups is 1. The third kappa shape index (κ3) is 8.16. The number of carbonyl (C=O) groups excluding carboxylic acids is 1. The number of nitrogens with one attached hydrogen (secondary N) is 1. The minimum absolute atomic E-state index is 0.102. The summed E-state index contributed by atoms with van der Waals surface area (Å²) in [5.41, 5.74) is 12.1. The lowest BCUT2D eigenvalue weighted by Crippen LogP contribution is -2.25. The number of aromatic amines is 1. The van der Waals surface area contributed by atoms with Gasteiger partial charge in [0.1, 0.15) is 16.6 Å². The number of thiazole rings is 1. The van der Waals surface area contributed by atoms with Gasteiger partial charge in [-0.2, -0.15) is 0 Å². The second-order valence-corrected chi connectivity index (χ2v) is 14.0. The minimum Gasteiger partial charge on any atom is -0.469 e. The number of aryl methyl sites for hydroxylation is 1. The Bertz CT molecular complexity index is 2090. The van der Waals surface area contributed by atoms with Crippen molar-refractivity contribution in [3.63, 3.8) is 0 Å². The zero-order chi connectivity index (χ0) is 35.9. The van der Waals surface area contributed by atoms with E-state index in [2.05, 4.69) is 53.8 Å². The second-order valence-electron chi connectivity index (χ2n) is 13.1. The molecule has 0 saturated heterocycles. The molecule has 0 saturated carbocycles. The molecule has 2 heterocycles. The number of unbranched alkanes of at least 4 members (excludes halogenated alkanes) is 1. The summed E-state index contributed by atoms with van der Waals surface area (Å²) in [6.07, 6.45) is 11.7. The molecule has 3 aromatic carbocycles. The molecule has 8 nitrogen and oxygen atoms in total. The highest BCUT2D eigenvalue weighted by atomic mass is 32.1. The lowest BCUT2D eigenvalue weighted by Gasteiger charge is -2.30. The minimum atomic E-state index is -0.652. The number of hydrogen-bond donors (Lipinski definition) is 1. The zero-order valence-corrected chi connectivity index (χ0v) is 29.4. The van der Waals surface area contributed by atoms with Crippen molar-refractivity contribution in [1.29, 1.82) is 0 Å². The molecule has 1 unspecified atom stereocenters. The van der Waals surface area contributed by atoms with Crippen molar-refractivity contribution in [2.75, 3.05) is 7.11 Å². The van der Waals surface area contributed by atoms with Crippen LogP contribution >= 0.6 is 11.3 Å². The highest BCUT2D eigenvalue weighted by Gasteiger charge is 2.32. The normalized spacial score (nSPS) is 12.6. The van der Waals surface area contributed by atoms with Gasteiger partial charge in [0.15, 0.2) is 11.6 Å². The van der Waals surface area contributed by atoms with E-state index in [1.165, 1.54) is 42.7 Å². The number of terminal acetylenes is 1. The number of ether oxygens (including phenoxy) is 2. The molecule has 0 aliphatic heterocycles. The molecule has 1 N–H and O–H groups in total. The number of aromatic nitrogens is 2. The van der Waals surface area contributed by atoms with Crippen molar-refractivity contribution < 1.29 is 23.0 Å². The molecule has 1 atom stereocenters. The van der Waals surface area contributed by atoms with Gasteiger partial charge in [-0.25, -0.2) is 13.8 Å². The van der Waals surface area contributed by atoms with E-state index in [-0.39, 0.29) is 41.4 Å². The molecule has 0 spiro atoms. The Hall–Kier alpha value is -5.17. The average molecular weight is 696 g/mol. The van der Waals surface area contributed by atoms with E-state index in [0.29, 0.717) is 27.9 Å². The van der Waals surface area contributed by atoms with Crippen LogP contribution in [0.2, 0.25) is 0 Å². The second kappa shape index (κ2) is 15.6. The van der Waals surface area contributed by atoms with Crippen LogP contribution in [-0.2, 0) is 27.9 Å². The van der Waals surface area contributed by atoms with E-state index in [9.17, 15) is 4.79 Å². The molecule has 0 amide bonds. The number of fused-ring (bicyclic) bond motifs is 1. The van der Waals surface area contributed by atoms with Crippen molar-refractivity contribution in [3.05, 3.63) is 111 Å². The topological polar surface area (TPSA) is 113 Å². The van der Waals surface area contributed by atoms with Crippen molar-refractivity contribution in [2.24, 2.45) is 10.5 Å². The average Bonchev–Trinajstić information content (AvgIpc) is 3.80. The molecule has 2 aromatic heterocycles. The summed E-state index contributed by atoms with van der Waals surface area (Å²) in [6, 6.07) is 15.4. The Kier molecular flexibility index (Phi) is 11.3. The van der Waals surface area contributed by atoms with E-state index in [0.717, 1.165) is 42.5 Å². The molecule has 11 heteroatoms. The third-order valence-corrected chi connectivity index (χ3v) is 10.0. The van der Waals surface area contributed by atoms with Crippen LogP contribution < -0.4 is 4.74 Å². The lowest BCUT2D eigenvalue weighted by atomic mass is 9.74. The van der Waals surface area contributed by atoms with Crippen LogP contribution in [0.1, 0.15) is 75.3 Å². The van der Waals surface area contributed by atoms with Gasteiger partial charge in [0.05, 0.1) is 19.3 Å². The highest BCUT2D eigenvalue weighted by Crippen LogP contribution is 2.42. The lowest BCUT2D eigenvalue weighted by molar-refractivity contribution is -0.140. The van der Waals surface area contributed by atoms with Gasteiger partial charge in [-0.15, -0.1) is 23.7 Å². The van der Waals surface area contributed by atoms with Gasteiger partial charge in [-0.1, -0.05) is 42.2 Å². The van der Waals surface area contributed by atoms with Gasteiger partial charge in [-0.3, -0.25) is 4.79 Å². The van der Waals surface area contributed by atoms with Crippen LogP contribution in [0, 0.1) is 29.4 Å². The molecule has 0 bridgehead atoms. The smallest absolute Gasteiger partial charge is 0.305 e. The number of hydrogen-bond acceptors (Lipinski definition) is 6. The number of carbonyl (C=O) groups is 1. The highest BCUT2D eigenvalue weighted by molar-refractivity contribution is 7.13. The van der Waals surface area contributed by atoms with Gasteiger partial charge in [0.25, 0.3) is 0 Å². The first-order valence-electron chi connectivity index (χ1n) is 16.3. The number of esters is 1. The Morgan fingerprint density at radius 2 is 1.90 bits per heavy atom. The van der Waals surface area contributed by atoms with Gasteiger partial charge in [0.2, 0.25) is 0 Å². The third-order valence-electron chi connectivity index (χ3n) is 9.14. The van der Waals surface area contributed by atoms with E-state index >= 15 is 8.78 Å². The number of methoxy groups -OCH3 is 1. The quantitative estimate of drug-likeness (QED) is 0.0293. The van der Waals surface area contributed by atoms with Crippen LogP contribution in [0.25, 0.3) is 31.9 Å². The van der Waals surface area contributed by atoms with Crippen molar-refractivity contribution in [1.82, 2.24) is 9.97 Å². The molecular weight excluding hydrogens is 657 g/mol. The fourth-order valence-electron chi connectivity index (χ4n) is 6.05. The summed E-state index contributed by atoms with van der Waals surface area (Å²) < 4.78 is 41.7. The number of rotatable bonds is 15. The van der Waals surface area contributed by atoms with Crippen molar-refractivity contribution in [2.45, 2.75) is 71.3 Å². The standard InChI is InChI=1S/C39H39F2N5O3S/c1-6-38(2,3)17-7-8-18-39(4,26-11-9-10-25(20-26)12-15-35(47)48-5)34-24-50-37(45-34)29-21-27(13-14-31(29)40)49-36-30(23-44-46-42)28-16-19-43-33(28)22-32(36)41/h1,9-11,13-14,16,19-22,24,43H,7-8,12,15,17-18,23H2,2-5H3. The van der Waals surface area contributed by atoms with Crippen LogP contribution in [0.5, 0.6) is 11.5 Å². The number of benzene rings is 3. The van der Waals surface area contributed by atoms with E-state index in [1.54, 1.807) is 12.3 Å². The summed E-state index contributed by atoms with van der Waals surface area (Å²) in [4.78, 5) is 22.6. The Morgan fingerprint density at radius 1 is 1.10 bits per heavy atom. The van der Waals surface area contributed by atoms with Gasteiger partial charge in [-0.05, 0) is 81.0 Å². The molecule has 0 fully saturated rings. The molecule has 258 valence electrons. The number of halogens is 2. The molecule has 0 aliphatic rings. The predicted molar refractivity (Wildman–Crippen MR) is 193 cm³/mol. The monoisotopic (exact) mass is 695 g/mol. The summed E-state index contributed by atoms with van der Waals surface area (Å²) in [6.45, 7) is 6.12. The molecule has 50 heavy (non-hydrogen) atoms. The van der Waals surface area contributed by atoms with Crippen LogP contribution in [-0.4, -0.2) is 23.0 Å².